The molecule has 2 saturated heterocycles. The van der Waals surface area contributed by atoms with Crippen molar-refractivity contribution in [2.45, 2.75) is 81.2 Å². The maximum atomic E-state index is 13.6. The number of nitrogens with two attached hydrogens (primary N) is 2. The molecule has 1 aromatic carbocycles. The summed E-state index contributed by atoms with van der Waals surface area (Å²) in [5.41, 5.74) is 11.5. The van der Waals surface area contributed by atoms with Crippen LogP contribution in [0.3, 0.4) is 0 Å². The van der Waals surface area contributed by atoms with Crippen LogP contribution in [0.2, 0.25) is 0 Å². The number of amides is 6. The molecule has 0 aliphatic carbocycles. The van der Waals surface area contributed by atoms with E-state index in [1.807, 2.05) is 0 Å². The molecule has 2 heterocycles. The summed E-state index contributed by atoms with van der Waals surface area (Å²) in [6.07, 6.45) is 2.82. The molecule has 17 nitrogen and oxygen atoms in total. The van der Waals surface area contributed by atoms with E-state index in [9.17, 15) is 48.9 Å². The molecule has 10 N–H and O–H groups in total. The predicted octanol–water partition coefficient (Wildman–Crippen LogP) is -2.60. The summed E-state index contributed by atoms with van der Waals surface area (Å²) < 4.78 is 0. The van der Waals surface area contributed by atoms with Crippen molar-refractivity contribution >= 4 is 53.2 Å². The number of phenolic OH excluding ortho intramolecular Hbond substituents is 1. The summed E-state index contributed by atoms with van der Waals surface area (Å²) >= 11 is 1.41. The highest BCUT2D eigenvalue weighted by Crippen LogP contribution is 2.22. The van der Waals surface area contributed by atoms with E-state index >= 15 is 0 Å². The zero-order chi connectivity index (χ0) is 36.2. The van der Waals surface area contributed by atoms with Crippen LogP contribution in [0.25, 0.3) is 0 Å². The lowest BCUT2D eigenvalue weighted by molar-refractivity contribution is -0.145. The van der Waals surface area contributed by atoms with E-state index in [-0.39, 0.29) is 44.5 Å². The summed E-state index contributed by atoms with van der Waals surface area (Å²) in [7, 11) is 0. The number of hydrogen-bond donors (Lipinski definition) is 8. The molecule has 0 spiro atoms. The lowest BCUT2D eigenvalue weighted by Crippen LogP contribution is -2.59. The van der Waals surface area contributed by atoms with Crippen LogP contribution >= 0.6 is 11.8 Å². The minimum atomic E-state index is -1.46. The molecular formula is C31H45N7O10S. The van der Waals surface area contributed by atoms with E-state index < -0.39 is 90.7 Å². The summed E-state index contributed by atoms with van der Waals surface area (Å²) in [4.78, 5) is 92.1. The van der Waals surface area contributed by atoms with Gasteiger partial charge in [-0.05, 0) is 61.8 Å². The molecule has 6 atom stereocenters. The maximum absolute atomic E-state index is 13.6. The molecule has 2 aliphatic heterocycles. The van der Waals surface area contributed by atoms with Crippen molar-refractivity contribution < 1.29 is 48.9 Å². The van der Waals surface area contributed by atoms with E-state index in [1.54, 1.807) is 18.4 Å². The van der Waals surface area contributed by atoms with Crippen LogP contribution in [0.4, 0.5) is 0 Å². The Morgan fingerprint density at radius 1 is 0.878 bits per heavy atom. The molecule has 0 radical (unpaired) electrons. The number of nitrogens with one attached hydrogen (secondary N) is 3. The Morgan fingerprint density at radius 3 is 1.94 bits per heavy atom. The van der Waals surface area contributed by atoms with Gasteiger partial charge in [0, 0.05) is 19.5 Å². The first-order valence-electron chi connectivity index (χ1n) is 15.9. The Bertz CT molecular complexity index is 1380. The smallest absolute Gasteiger partial charge is 0.326 e. The van der Waals surface area contributed by atoms with Crippen LogP contribution in [0, 0.1) is 0 Å². The summed E-state index contributed by atoms with van der Waals surface area (Å²) in [5.74, 6) is -5.13. The topological polar surface area (TPSA) is 275 Å². The van der Waals surface area contributed by atoms with Gasteiger partial charge in [-0.2, -0.15) is 11.8 Å². The number of hydrogen-bond acceptors (Lipinski definition) is 11. The third-order valence-electron chi connectivity index (χ3n) is 8.45. The fourth-order valence-corrected chi connectivity index (χ4v) is 6.36. The van der Waals surface area contributed by atoms with Gasteiger partial charge in [0.15, 0.2) is 0 Å². The van der Waals surface area contributed by atoms with Crippen LogP contribution in [0.1, 0.15) is 44.1 Å². The van der Waals surface area contributed by atoms with Gasteiger partial charge in [-0.3, -0.25) is 28.8 Å². The molecule has 0 aromatic heterocycles. The molecule has 6 amide bonds. The molecule has 2 aliphatic rings. The van der Waals surface area contributed by atoms with Gasteiger partial charge in [-0.1, -0.05) is 12.1 Å². The maximum Gasteiger partial charge on any atom is 0.326 e. The molecule has 1 aromatic rings. The van der Waals surface area contributed by atoms with Crippen molar-refractivity contribution in [3.8, 4) is 5.75 Å². The fraction of sp³-hybridized carbons (Fsp3) is 0.581. The third-order valence-corrected chi connectivity index (χ3v) is 9.09. The second-order valence-electron chi connectivity index (χ2n) is 12.0. The van der Waals surface area contributed by atoms with E-state index in [4.69, 9.17) is 11.5 Å². The van der Waals surface area contributed by atoms with Gasteiger partial charge in [0.05, 0.1) is 19.1 Å². The number of thioether (sulfide) groups is 1. The normalized spacial score (nSPS) is 19.7. The molecule has 3 rings (SSSR count). The molecule has 0 saturated carbocycles. The van der Waals surface area contributed by atoms with E-state index in [2.05, 4.69) is 16.0 Å². The number of aromatic hydroxyl groups is 1. The van der Waals surface area contributed by atoms with Crippen molar-refractivity contribution in [3.63, 3.8) is 0 Å². The Hall–Kier alpha value is -4.42. The number of rotatable bonds is 17. The number of benzene rings is 1. The molecule has 0 bridgehead atoms. The van der Waals surface area contributed by atoms with Crippen LogP contribution < -0.4 is 27.4 Å². The number of nitrogens with zero attached hydrogens (tertiary/aromatic N) is 2. The van der Waals surface area contributed by atoms with E-state index in [1.165, 1.54) is 33.7 Å². The second-order valence-corrected chi connectivity index (χ2v) is 13.0. The van der Waals surface area contributed by atoms with Gasteiger partial charge < -0.3 is 52.5 Å². The fourth-order valence-electron chi connectivity index (χ4n) is 5.89. The number of carbonyl (C=O) groups excluding carboxylic acids is 6. The highest BCUT2D eigenvalue weighted by molar-refractivity contribution is 7.98. The number of carboxylic acids is 1. The van der Waals surface area contributed by atoms with Crippen LogP contribution in [-0.2, 0) is 40.0 Å². The van der Waals surface area contributed by atoms with Crippen molar-refractivity contribution in [1.82, 2.24) is 25.8 Å². The van der Waals surface area contributed by atoms with E-state index in [0.29, 0.717) is 24.2 Å². The minimum absolute atomic E-state index is 0.0127. The van der Waals surface area contributed by atoms with Crippen LogP contribution in [0.5, 0.6) is 5.75 Å². The molecule has 0 unspecified atom stereocenters. The lowest BCUT2D eigenvalue weighted by Gasteiger charge is -2.31. The minimum Gasteiger partial charge on any atom is -0.508 e. The Balaban J connectivity index is 1.73. The number of aliphatic hydroxyl groups excluding tert-OH is 1. The van der Waals surface area contributed by atoms with Gasteiger partial charge >= 0.3 is 5.97 Å². The number of carboxylic acid groups (broad SMARTS) is 1. The lowest BCUT2D eigenvalue weighted by atomic mass is 10.0. The van der Waals surface area contributed by atoms with Gasteiger partial charge in [-0.15, -0.1) is 0 Å². The van der Waals surface area contributed by atoms with Crippen LogP contribution in [0.15, 0.2) is 24.3 Å². The predicted molar refractivity (Wildman–Crippen MR) is 177 cm³/mol. The number of aliphatic carboxylic acids is 1. The number of carbonyl (C=O) groups is 7. The standard InChI is InChI=1S/C31H45N7O10S/c1-49-13-10-20(31(47)48)34-26(42)21(14-17-6-8-18(40)9-7-17)35-27(43)24-5-3-12-38(24)30(46)22(16-39)36-28(44)23-4-2-11-37(23)29(45)19(32)15-25(33)41/h6-9,19-24,39-40H,2-5,10-16,32H2,1H3,(H2,33,41)(H,34,42)(H,35,43)(H,36,44)(H,47,48)/t19-,20-,21-,22-,23-,24-/m0/s1. The quantitative estimate of drug-likeness (QED) is 0.0828. The summed E-state index contributed by atoms with van der Waals surface area (Å²) in [6.45, 7) is -0.501. The Morgan fingerprint density at radius 2 is 1.43 bits per heavy atom. The number of aliphatic hydroxyl groups is 1. The first-order valence-corrected chi connectivity index (χ1v) is 17.3. The van der Waals surface area contributed by atoms with Crippen molar-refractivity contribution in [2.75, 3.05) is 31.7 Å². The second kappa shape index (κ2) is 18.4. The summed E-state index contributed by atoms with van der Waals surface area (Å²) in [5, 5.41) is 37.0. The van der Waals surface area contributed by atoms with Crippen molar-refractivity contribution in [2.24, 2.45) is 11.5 Å². The zero-order valence-corrected chi connectivity index (χ0v) is 28.0. The average molecular weight is 708 g/mol. The van der Waals surface area contributed by atoms with Gasteiger partial charge in [0.2, 0.25) is 35.4 Å². The number of likely N-dealkylation sites (tertiary alicyclic amines) is 2. The monoisotopic (exact) mass is 707 g/mol. The number of primary amides is 1. The third kappa shape index (κ3) is 10.8. The van der Waals surface area contributed by atoms with Crippen molar-refractivity contribution in [1.29, 1.82) is 0 Å². The first kappa shape index (κ1) is 39.0. The first-order chi connectivity index (χ1) is 23.3. The zero-order valence-electron chi connectivity index (χ0n) is 27.2. The molecular weight excluding hydrogens is 662 g/mol. The molecule has 49 heavy (non-hydrogen) atoms. The highest BCUT2D eigenvalue weighted by Gasteiger charge is 2.41. The largest absolute Gasteiger partial charge is 0.508 e. The van der Waals surface area contributed by atoms with Crippen LogP contribution in [-0.4, -0.2) is 134 Å². The molecule has 2 fully saturated rings. The van der Waals surface area contributed by atoms with Gasteiger partial charge in [-0.25, -0.2) is 4.79 Å². The van der Waals surface area contributed by atoms with Gasteiger partial charge in [0.25, 0.3) is 0 Å². The van der Waals surface area contributed by atoms with Crippen molar-refractivity contribution in [3.05, 3.63) is 29.8 Å². The molecule has 18 heteroatoms. The van der Waals surface area contributed by atoms with Gasteiger partial charge in [0.1, 0.15) is 36.0 Å². The number of phenols is 1. The summed E-state index contributed by atoms with van der Waals surface area (Å²) in [6, 6.07) is -1.32. The Labute approximate surface area is 287 Å². The molecule has 270 valence electrons. The highest BCUT2D eigenvalue weighted by atomic mass is 32.2. The average Bonchev–Trinajstić information content (AvgIpc) is 3.76. The van der Waals surface area contributed by atoms with E-state index in [0.717, 1.165) is 0 Å². The Kier molecular flexibility index (Phi) is 14.6. The SMILES string of the molecule is CSCC[C@H](NC(=O)[C@H](Cc1ccc(O)cc1)NC(=O)[C@@H]1CCCN1C(=O)[C@H](CO)NC(=O)[C@@H]1CCCN1C(=O)[C@@H](N)CC(N)=O)C(=O)O.